The van der Waals surface area contributed by atoms with Gasteiger partial charge < -0.3 is 15.6 Å². The zero-order valence-electron chi connectivity index (χ0n) is 13.7. The van der Waals surface area contributed by atoms with Gasteiger partial charge in [0.15, 0.2) is 5.96 Å². The van der Waals surface area contributed by atoms with Crippen LogP contribution < -0.4 is 11.1 Å². The standard InChI is InChI=1S/C19H23N5/c20-19(22-13-11-16-7-2-1-3-8-16)21-12-6-14-24-15-23-17-9-4-5-10-18(17)24/h1-5,7-10,15H,6,11-14H2,(H3,20,21,22). The first-order chi connectivity index (χ1) is 11.8. The molecule has 0 unspecified atom stereocenters. The van der Waals surface area contributed by atoms with Gasteiger partial charge in [0, 0.05) is 19.6 Å². The van der Waals surface area contributed by atoms with Crippen LogP contribution in [0, 0.1) is 0 Å². The van der Waals surface area contributed by atoms with Gasteiger partial charge in [-0.3, -0.25) is 4.99 Å². The number of rotatable bonds is 7. The van der Waals surface area contributed by atoms with Gasteiger partial charge in [-0.1, -0.05) is 42.5 Å². The van der Waals surface area contributed by atoms with E-state index in [1.165, 1.54) is 5.56 Å². The third-order valence-electron chi connectivity index (χ3n) is 3.93. The largest absolute Gasteiger partial charge is 0.370 e. The molecule has 1 aromatic heterocycles. The minimum atomic E-state index is 0.515. The molecule has 1 heterocycles. The van der Waals surface area contributed by atoms with E-state index in [9.17, 15) is 0 Å². The number of guanidine groups is 1. The maximum absolute atomic E-state index is 5.91. The van der Waals surface area contributed by atoms with Crippen LogP contribution in [0.25, 0.3) is 11.0 Å². The number of aryl methyl sites for hydroxylation is 1. The summed E-state index contributed by atoms with van der Waals surface area (Å²) in [5.74, 6) is 0.515. The highest BCUT2D eigenvalue weighted by atomic mass is 15.1. The number of nitrogens with zero attached hydrogens (tertiary/aromatic N) is 3. The molecule has 0 aliphatic heterocycles. The van der Waals surface area contributed by atoms with E-state index < -0.39 is 0 Å². The van der Waals surface area contributed by atoms with Gasteiger partial charge in [0.2, 0.25) is 0 Å². The third-order valence-corrected chi connectivity index (χ3v) is 3.93. The van der Waals surface area contributed by atoms with E-state index in [1.54, 1.807) is 0 Å². The molecule has 0 saturated heterocycles. The lowest BCUT2D eigenvalue weighted by Gasteiger charge is -2.06. The van der Waals surface area contributed by atoms with Crippen LogP contribution in [0.2, 0.25) is 0 Å². The highest BCUT2D eigenvalue weighted by molar-refractivity contribution is 5.77. The van der Waals surface area contributed by atoms with Crippen LogP contribution in [0.1, 0.15) is 12.0 Å². The summed E-state index contributed by atoms with van der Waals surface area (Å²) in [4.78, 5) is 8.78. The zero-order chi connectivity index (χ0) is 16.6. The summed E-state index contributed by atoms with van der Waals surface area (Å²) in [6.45, 7) is 2.39. The molecule has 0 spiro atoms. The molecule has 0 saturated carbocycles. The molecule has 0 fully saturated rings. The Morgan fingerprint density at radius 1 is 1.08 bits per heavy atom. The topological polar surface area (TPSA) is 68.2 Å². The molecule has 2 aromatic carbocycles. The fourth-order valence-electron chi connectivity index (χ4n) is 2.66. The first kappa shape index (κ1) is 16.1. The van der Waals surface area contributed by atoms with E-state index in [0.717, 1.165) is 37.0 Å². The average molecular weight is 321 g/mol. The number of para-hydroxylation sites is 2. The lowest BCUT2D eigenvalue weighted by atomic mass is 10.1. The predicted molar refractivity (Wildman–Crippen MR) is 99.0 cm³/mol. The number of hydrogen-bond donors (Lipinski definition) is 2. The molecule has 0 atom stereocenters. The van der Waals surface area contributed by atoms with E-state index in [4.69, 9.17) is 5.73 Å². The average Bonchev–Trinajstić information content (AvgIpc) is 3.03. The van der Waals surface area contributed by atoms with Crippen molar-refractivity contribution in [2.24, 2.45) is 10.7 Å². The number of nitrogens with one attached hydrogen (secondary N) is 1. The Bertz CT molecular complexity index is 792. The SMILES string of the molecule is NC(=NCCCn1cnc2ccccc21)NCCc1ccccc1. The van der Waals surface area contributed by atoms with Crippen LogP contribution in [0.15, 0.2) is 65.9 Å². The Hall–Kier alpha value is -2.82. The number of imidazole rings is 1. The Morgan fingerprint density at radius 2 is 1.88 bits per heavy atom. The summed E-state index contributed by atoms with van der Waals surface area (Å²) in [7, 11) is 0. The Labute approximate surface area is 142 Å². The first-order valence-electron chi connectivity index (χ1n) is 8.30. The molecule has 0 bridgehead atoms. The number of hydrogen-bond acceptors (Lipinski definition) is 2. The Balaban J connectivity index is 1.39. The zero-order valence-corrected chi connectivity index (χ0v) is 13.7. The van der Waals surface area contributed by atoms with Crippen LogP contribution in [0.4, 0.5) is 0 Å². The lowest BCUT2D eigenvalue weighted by Crippen LogP contribution is -2.33. The molecule has 0 radical (unpaired) electrons. The van der Waals surface area contributed by atoms with Crippen LogP contribution in [-0.4, -0.2) is 28.6 Å². The van der Waals surface area contributed by atoms with Gasteiger partial charge in [-0.15, -0.1) is 0 Å². The smallest absolute Gasteiger partial charge is 0.188 e. The molecule has 5 heteroatoms. The van der Waals surface area contributed by atoms with Crippen molar-refractivity contribution in [1.29, 1.82) is 0 Å². The number of fused-ring (bicyclic) bond motifs is 1. The molecule has 3 N–H and O–H groups in total. The highest BCUT2D eigenvalue weighted by Gasteiger charge is 2.00. The molecule has 0 aliphatic carbocycles. The fourth-order valence-corrected chi connectivity index (χ4v) is 2.66. The number of nitrogens with two attached hydrogens (primary N) is 1. The van der Waals surface area contributed by atoms with Crippen molar-refractivity contribution in [2.45, 2.75) is 19.4 Å². The lowest BCUT2D eigenvalue weighted by molar-refractivity contribution is 0.664. The minimum Gasteiger partial charge on any atom is -0.370 e. The molecular formula is C19H23N5. The van der Waals surface area contributed by atoms with Crippen molar-refractivity contribution in [2.75, 3.05) is 13.1 Å². The predicted octanol–water partition coefficient (Wildman–Crippen LogP) is 2.57. The van der Waals surface area contributed by atoms with E-state index in [0.29, 0.717) is 12.5 Å². The Morgan fingerprint density at radius 3 is 2.75 bits per heavy atom. The van der Waals surface area contributed by atoms with E-state index in [1.807, 2.05) is 42.7 Å². The first-order valence-corrected chi connectivity index (χ1v) is 8.30. The number of aromatic nitrogens is 2. The molecule has 0 amide bonds. The van der Waals surface area contributed by atoms with Crippen LogP contribution in [0.3, 0.4) is 0 Å². The molecule has 5 nitrogen and oxygen atoms in total. The van der Waals surface area contributed by atoms with Crippen molar-refractivity contribution < 1.29 is 0 Å². The monoisotopic (exact) mass is 321 g/mol. The summed E-state index contributed by atoms with van der Waals surface area (Å²) in [5, 5.41) is 3.16. The van der Waals surface area contributed by atoms with Crippen LogP contribution in [0.5, 0.6) is 0 Å². The van der Waals surface area contributed by atoms with Crippen molar-refractivity contribution in [3.63, 3.8) is 0 Å². The van der Waals surface area contributed by atoms with Crippen LogP contribution >= 0.6 is 0 Å². The molecule has 0 aliphatic rings. The van der Waals surface area contributed by atoms with Gasteiger partial charge in [0.1, 0.15) is 0 Å². The summed E-state index contributed by atoms with van der Waals surface area (Å²) >= 11 is 0. The second-order valence-corrected chi connectivity index (χ2v) is 5.71. The van der Waals surface area contributed by atoms with E-state index in [2.05, 4.69) is 38.1 Å². The van der Waals surface area contributed by atoms with Gasteiger partial charge in [-0.2, -0.15) is 0 Å². The molecule has 3 rings (SSSR count). The summed E-state index contributed by atoms with van der Waals surface area (Å²) in [6.07, 6.45) is 3.76. The maximum atomic E-state index is 5.91. The number of benzene rings is 2. The van der Waals surface area contributed by atoms with Crippen molar-refractivity contribution in [1.82, 2.24) is 14.9 Å². The molecule has 3 aromatic rings. The quantitative estimate of drug-likeness (QED) is 0.399. The second-order valence-electron chi connectivity index (χ2n) is 5.71. The van der Waals surface area contributed by atoms with Gasteiger partial charge in [-0.25, -0.2) is 4.98 Å². The van der Waals surface area contributed by atoms with Crippen molar-refractivity contribution >= 4 is 17.0 Å². The van der Waals surface area contributed by atoms with Crippen molar-refractivity contribution in [3.05, 3.63) is 66.5 Å². The van der Waals surface area contributed by atoms with Gasteiger partial charge in [0.25, 0.3) is 0 Å². The minimum absolute atomic E-state index is 0.515. The van der Waals surface area contributed by atoms with E-state index in [-0.39, 0.29) is 0 Å². The summed E-state index contributed by atoms with van der Waals surface area (Å²) < 4.78 is 2.16. The van der Waals surface area contributed by atoms with Crippen LogP contribution in [-0.2, 0) is 13.0 Å². The third kappa shape index (κ3) is 4.35. The molecule has 124 valence electrons. The molecule has 24 heavy (non-hydrogen) atoms. The number of aliphatic imine (C=N–C) groups is 1. The van der Waals surface area contributed by atoms with E-state index >= 15 is 0 Å². The summed E-state index contributed by atoms with van der Waals surface area (Å²) in [5.41, 5.74) is 9.40. The second kappa shape index (κ2) is 8.15. The normalized spacial score (nSPS) is 11.8. The molecular weight excluding hydrogens is 298 g/mol. The summed E-state index contributed by atoms with van der Waals surface area (Å²) in [6, 6.07) is 18.5. The van der Waals surface area contributed by atoms with Gasteiger partial charge in [0.05, 0.1) is 17.4 Å². The highest BCUT2D eigenvalue weighted by Crippen LogP contribution is 2.11. The van der Waals surface area contributed by atoms with Gasteiger partial charge in [-0.05, 0) is 30.5 Å². The maximum Gasteiger partial charge on any atom is 0.188 e. The van der Waals surface area contributed by atoms with Gasteiger partial charge >= 0.3 is 0 Å². The fraction of sp³-hybridized carbons (Fsp3) is 0.263. The van der Waals surface area contributed by atoms with Crippen molar-refractivity contribution in [3.8, 4) is 0 Å². The Kier molecular flexibility index (Phi) is 5.45.